The molecule has 0 spiro atoms. The molecule has 1 aliphatic heterocycles. The fourth-order valence-corrected chi connectivity index (χ4v) is 2.44. The third-order valence-electron chi connectivity index (χ3n) is 3.49. The molecule has 0 aromatic carbocycles. The van der Waals surface area contributed by atoms with Gasteiger partial charge in [0.1, 0.15) is 5.78 Å². The van der Waals surface area contributed by atoms with Crippen LogP contribution in [0.2, 0.25) is 0 Å². The summed E-state index contributed by atoms with van der Waals surface area (Å²) in [6, 6.07) is 2.06. The molecule has 0 N–H and O–H groups in total. The summed E-state index contributed by atoms with van der Waals surface area (Å²) in [5.41, 5.74) is 2.13. The number of ether oxygens (including phenoxy) is 1. The predicted octanol–water partition coefficient (Wildman–Crippen LogP) is 2.00. The number of aromatic nitrogens is 2. The van der Waals surface area contributed by atoms with Gasteiger partial charge in [-0.25, -0.2) is 0 Å². The molecule has 18 heavy (non-hydrogen) atoms. The van der Waals surface area contributed by atoms with Crippen molar-refractivity contribution >= 4 is 5.78 Å². The summed E-state index contributed by atoms with van der Waals surface area (Å²) in [4.78, 5) is 12.0. The monoisotopic (exact) mass is 250 g/mol. The smallest absolute Gasteiger partial charge is 0.139 e. The Hall–Kier alpha value is -1.16. The van der Waals surface area contributed by atoms with Gasteiger partial charge in [-0.2, -0.15) is 5.10 Å². The molecule has 2 rings (SSSR count). The number of ketones is 1. The van der Waals surface area contributed by atoms with Crippen LogP contribution in [-0.2, 0) is 28.9 Å². The standard InChI is InChI=1S/C14H22N2O2/c1-3-12-8-13(16(4-2)15-12)9-14(17)7-11-5-6-18-10-11/h8,11H,3-7,9-10H2,1-2H3. The van der Waals surface area contributed by atoms with Gasteiger partial charge >= 0.3 is 0 Å². The van der Waals surface area contributed by atoms with E-state index in [9.17, 15) is 4.79 Å². The van der Waals surface area contributed by atoms with Crippen molar-refractivity contribution in [2.75, 3.05) is 13.2 Å². The zero-order valence-corrected chi connectivity index (χ0v) is 11.3. The summed E-state index contributed by atoms with van der Waals surface area (Å²) in [5.74, 6) is 0.740. The van der Waals surface area contributed by atoms with E-state index < -0.39 is 0 Å². The van der Waals surface area contributed by atoms with Crippen molar-refractivity contribution in [1.29, 1.82) is 0 Å². The second-order valence-electron chi connectivity index (χ2n) is 4.95. The van der Waals surface area contributed by atoms with E-state index in [1.54, 1.807) is 0 Å². The topological polar surface area (TPSA) is 44.1 Å². The first-order chi connectivity index (χ1) is 8.72. The third kappa shape index (κ3) is 3.19. The maximum absolute atomic E-state index is 12.0. The Morgan fingerprint density at radius 2 is 2.39 bits per heavy atom. The Kier molecular flexibility index (Phi) is 4.53. The molecule has 100 valence electrons. The predicted molar refractivity (Wildman–Crippen MR) is 69.5 cm³/mol. The third-order valence-corrected chi connectivity index (χ3v) is 3.49. The van der Waals surface area contributed by atoms with Gasteiger partial charge in [0.15, 0.2) is 0 Å². The largest absolute Gasteiger partial charge is 0.381 e. The fourth-order valence-electron chi connectivity index (χ4n) is 2.44. The fraction of sp³-hybridized carbons (Fsp3) is 0.714. The van der Waals surface area contributed by atoms with Crippen LogP contribution in [0, 0.1) is 5.92 Å². The molecule has 1 unspecified atom stereocenters. The molecule has 1 atom stereocenters. The SMILES string of the molecule is CCc1cc(CC(=O)CC2CCOC2)n(CC)n1. The number of aryl methyl sites for hydroxylation is 2. The molecule has 1 saturated heterocycles. The lowest BCUT2D eigenvalue weighted by Gasteiger charge is -2.07. The van der Waals surface area contributed by atoms with Crippen molar-refractivity contribution in [2.24, 2.45) is 5.92 Å². The average Bonchev–Trinajstić information content (AvgIpc) is 2.98. The van der Waals surface area contributed by atoms with Crippen LogP contribution in [0.25, 0.3) is 0 Å². The zero-order chi connectivity index (χ0) is 13.0. The molecule has 0 radical (unpaired) electrons. The van der Waals surface area contributed by atoms with E-state index in [4.69, 9.17) is 4.74 Å². The van der Waals surface area contributed by atoms with Gasteiger partial charge in [0.25, 0.3) is 0 Å². The molecular weight excluding hydrogens is 228 g/mol. The Bertz CT molecular complexity index is 406. The van der Waals surface area contributed by atoms with Crippen LogP contribution in [0.1, 0.15) is 38.1 Å². The first kappa shape index (κ1) is 13.3. The minimum Gasteiger partial charge on any atom is -0.381 e. The number of nitrogens with zero attached hydrogens (tertiary/aromatic N) is 2. The van der Waals surface area contributed by atoms with Crippen LogP contribution in [0.3, 0.4) is 0 Å². The average molecular weight is 250 g/mol. The number of rotatable bonds is 6. The Balaban J connectivity index is 1.94. The van der Waals surface area contributed by atoms with Crippen molar-refractivity contribution < 1.29 is 9.53 Å². The highest BCUT2D eigenvalue weighted by Crippen LogP contribution is 2.18. The van der Waals surface area contributed by atoms with E-state index in [-0.39, 0.29) is 0 Å². The summed E-state index contributed by atoms with van der Waals surface area (Å²) >= 11 is 0. The summed E-state index contributed by atoms with van der Waals surface area (Å²) in [5, 5.41) is 4.47. The van der Waals surface area contributed by atoms with Crippen LogP contribution in [0.4, 0.5) is 0 Å². The molecule has 0 aliphatic carbocycles. The van der Waals surface area contributed by atoms with Crippen LogP contribution in [-0.4, -0.2) is 28.8 Å². The van der Waals surface area contributed by atoms with E-state index in [0.717, 1.165) is 44.0 Å². The van der Waals surface area contributed by atoms with Gasteiger partial charge < -0.3 is 4.74 Å². The molecule has 0 saturated carbocycles. The number of hydrogen-bond acceptors (Lipinski definition) is 3. The minimum absolute atomic E-state index is 0.308. The van der Waals surface area contributed by atoms with Gasteiger partial charge in [0, 0.05) is 38.3 Å². The van der Waals surface area contributed by atoms with Gasteiger partial charge in [0.05, 0.1) is 5.69 Å². The Morgan fingerprint density at radius 1 is 1.56 bits per heavy atom. The van der Waals surface area contributed by atoms with E-state index in [1.165, 1.54) is 0 Å². The van der Waals surface area contributed by atoms with E-state index in [0.29, 0.717) is 24.5 Å². The van der Waals surface area contributed by atoms with E-state index in [2.05, 4.69) is 25.0 Å². The lowest BCUT2D eigenvalue weighted by atomic mass is 9.99. The summed E-state index contributed by atoms with van der Waals surface area (Å²) < 4.78 is 7.25. The normalized spacial score (nSPS) is 19.3. The Labute approximate surface area is 108 Å². The highest BCUT2D eigenvalue weighted by atomic mass is 16.5. The molecule has 1 aromatic rings. The maximum Gasteiger partial charge on any atom is 0.139 e. The second-order valence-corrected chi connectivity index (χ2v) is 4.95. The van der Waals surface area contributed by atoms with Crippen LogP contribution >= 0.6 is 0 Å². The molecule has 1 fully saturated rings. The zero-order valence-electron chi connectivity index (χ0n) is 11.3. The van der Waals surface area contributed by atoms with Gasteiger partial charge in [0.2, 0.25) is 0 Å². The molecule has 4 nitrogen and oxygen atoms in total. The van der Waals surface area contributed by atoms with Crippen molar-refractivity contribution in [2.45, 2.75) is 46.1 Å². The van der Waals surface area contributed by atoms with Gasteiger partial charge in [-0.15, -0.1) is 0 Å². The van der Waals surface area contributed by atoms with Crippen molar-refractivity contribution in [3.63, 3.8) is 0 Å². The maximum atomic E-state index is 12.0. The van der Waals surface area contributed by atoms with Crippen LogP contribution < -0.4 is 0 Å². The molecular formula is C14H22N2O2. The quantitative estimate of drug-likeness (QED) is 0.775. The number of carbonyl (C=O) groups is 1. The van der Waals surface area contributed by atoms with Gasteiger partial charge in [-0.3, -0.25) is 9.48 Å². The highest BCUT2D eigenvalue weighted by molar-refractivity contribution is 5.80. The van der Waals surface area contributed by atoms with Crippen LogP contribution in [0.5, 0.6) is 0 Å². The number of Topliss-reactive ketones (excluding diaryl/α,β-unsaturated/α-hetero) is 1. The second kappa shape index (κ2) is 6.14. The van der Waals surface area contributed by atoms with Gasteiger partial charge in [-0.05, 0) is 31.7 Å². The summed E-state index contributed by atoms with van der Waals surface area (Å²) in [6.45, 7) is 6.54. The molecule has 4 heteroatoms. The highest BCUT2D eigenvalue weighted by Gasteiger charge is 2.20. The summed E-state index contributed by atoms with van der Waals surface area (Å²) in [6.07, 6.45) is 3.11. The van der Waals surface area contributed by atoms with Crippen molar-refractivity contribution in [1.82, 2.24) is 9.78 Å². The molecule has 0 bridgehead atoms. The van der Waals surface area contributed by atoms with Crippen molar-refractivity contribution in [3.8, 4) is 0 Å². The van der Waals surface area contributed by atoms with Crippen LogP contribution in [0.15, 0.2) is 6.07 Å². The first-order valence-electron chi connectivity index (χ1n) is 6.88. The van der Waals surface area contributed by atoms with Crippen molar-refractivity contribution in [3.05, 3.63) is 17.5 Å². The lowest BCUT2D eigenvalue weighted by molar-refractivity contribution is -0.119. The molecule has 0 amide bonds. The molecule has 1 aliphatic rings. The number of carbonyl (C=O) groups excluding carboxylic acids is 1. The molecule has 1 aromatic heterocycles. The van der Waals surface area contributed by atoms with E-state index >= 15 is 0 Å². The minimum atomic E-state index is 0.308. The Morgan fingerprint density at radius 3 is 3.00 bits per heavy atom. The summed E-state index contributed by atoms with van der Waals surface area (Å²) in [7, 11) is 0. The number of hydrogen-bond donors (Lipinski definition) is 0. The van der Waals surface area contributed by atoms with E-state index in [1.807, 2.05) is 4.68 Å². The first-order valence-corrected chi connectivity index (χ1v) is 6.88. The molecule has 2 heterocycles. The lowest BCUT2D eigenvalue weighted by Crippen LogP contribution is -2.13. The van der Waals surface area contributed by atoms with Gasteiger partial charge in [-0.1, -0.05) is 6.92 Å².